The van der Waals surface area contributed by atoms with Gasteiger partial charge in [0, 0.05) is 11.6 Å². The lowest BCUT2D eigenvalue weighted by atomic mass is 10.2. The number of amides is 1. The molecule has 0 atom stereocenters. The zero-order valence-corrected chi connectivity index (χ0v) is 16.9. The molecular formula is C20H20BrN3O3. The van der Waals surface area contributed by atoms with Crippen LogP contribution in [-0.2, 0) is 6.54 Å². The van der Waals surface area contributed by atoms with Crippen LogP contribution >= 0.6 is 15.9 Å². The second-order valence-electron chi connectivity index (χ2n) is 5.96. The van der Waals surface area contributed by atoms with E-state index >= 15 is 0 Å². The molecule has 6 nitrogen and oxygen atoms in total. The molecule has 0 spiro atoms. The maximum Gasteiger partial charge on any atom is 0.257 e. The summed E-state index contributed by atoms with van der Waals surface area (Å²) in [5, 5.41) is 7.40. The summed E-state index contributed by atoms with van der Waals surface area (Å²) in [5.41, 5.74) is 2.35. The third-order valence-corrected chi connectivity index (χ3v) is 4.81. The molecule has 7 heteroatoms. The summed E-state index contributed by atoms with van der Waals surface area (Å²) < 4.78 is 13.1. The predicted molar refractivity (Wildman–Crippen MR) is 108 cm³/mol. The molecule has 1 heterocycles. The van der Waals surface area contributed by atoms with E-state index in [4.69, 9.17) is 9.47 Å². The van der Waals surface area contributed by atoms with Crippen LogP contribution in [-0.4, -0.2) is 29.9 Å². The number of methoxy groups -OCH3 is 2. The molecular weight excluding hydrogens is 410 g/mol. The first kappa shape index (κ1) is 19.0. The number of aryl methyl sites for hydroxylation is 1. The van der Waals surface area contributed by atoms with Crippen molar-refractivity contribution in [2.45, 2.75) is 13.5 Å². The van der Waals surface area contributed by atoms with Gasteiger partial charge in [-0.3, -0.25) is 4.79 Å². The van der Waals surface area contributed by atoms with Crippen LogP contribution in [0.4, 0.5) is 5.82 Å². The Morgan fingerprint density at radius 2 is 1.74 bits per heavy atom. The maximum atomic E-state index is 12.8. The second-order valence-corrected chi connectivity index (χ2v) is 6.76. The Hall–Kier alpha value is -2.80. The normalized spacial score (nSPS) is 10.5. The first-order chi connectivity index (χ1) is 13.0. The highest BCUT2D eigenvalue weighted by molar-refractivity contribution is 9.10. The quantitative estimate of drug-likeness (QED) is 0.635. The van der Waals surface area contributed by atoms with Gasteiger partial charge in [-0.05, 0) is 40.5 Å². The molecule has 1 amide bonds. The molecule has 140 valence electrons. The molecule has 0 bridgehead atoms. The Balaban J connectivity index is 1.87. The van der Waals surface area contributed by atoms with E-state index < -0.39 is 0 Å². The van der Waals surface area contributed by atoms with Crippen molar-refractivity contribution in [1.29, 1.82) is 0 Å². The van der Waals surface area contributed by atoms with Gasteiger partial charge in [0.1, 0.15) is 21.8 Å². The fraction of sp³-hybridized carbons (Fsp3) is 0.200. The monoisotopic (exact) mass is 429 g/mol. The first-order valence-electron chi connectivity index (χ1n) is 8.33. The van der Waals surface area contributed by atoms with E-state index in [2.05, 4.69) is 26.3 Å². The van der Waals surface area contributed by atoms with Crippen LogP contribution in [0.15, 0.2) is 53.0 Å². The van der Waals surface area contributed by atoms with Gasteiger partial charge < -0.3 is 14.8 Å². The Bertz CT molecular complexity index is 929. The molecule has 0 saturated carbocycles. The van der Waals surface area contributed by atoms with Crippen molar-refractivity contribution < 1.29 is 14.3 Å². The number of benzene rings is 2. The number of rotatable bonds is 6. The van der Waals surface area contributed by atoms with Crippen LogP contribution in [0.25, 0.3) is 0 Å². The molecule has 0 aliphatic heterocycles. The minimum absolute atomic E-state index is 0.270. The van der Waals surface area contributed by atoms with E-state index in [0.717, 1.165) is 11.3 Å². The third-order valence-electron chi connectivity index (χ3n) is 4.03. The number of carbonyl (C=O) groups excluding carboxylic acids is 1. The minimum Gasteiger partial charge on any atom is -0.495 e. The molecule has 0 saturated heterocycles. The van der Waals surface area contributed by atoms with Crippen LogP contribution in [0.5, 0.6) is 11.5 Å². The molecule has 2 aromatic carbocycles. The molecule has 0 aliphatic carbocycles. The number of nitrogens with one attached hydrogen (secondary N) is 1. The Labute approximate surface area is 166 Å². The number of hydrogen-bond acceptors (Lipinski definition) is 4. The number of aromatic nitrogens is 2. The number of anilines is 1. The van der Waals surface area contributed by atoms with Gasteiger partial charge in [-0.25, -0.2) is 4.68 Å². The number of hydrogen-bond donors (Lipinski definition) is 1. The molecule has 0 fully saturated rings. The van der Waals surface area contributed by atoms with Gasteiger partial charge in [-0.15, -0.1) is 0 Å². The lowest BCUT2D eigenvalue weighted by Gasteiger charge is -2.12. The highest BCUT2D eigenvalue weighted by atomic mass is 79.9. The van der Waals surface area contributed by atoms with Crippen molar-refractivity contribution in [3.8, 4) is 11.5 Å². The van der Waals surface area contributed by atoms with Gasteiger partial charge in [0.2, 0.25) is 0 Å². The second kappa shape index (κ2) is 8.26. The standard InChI is InChI=1S/C20H20BrN3O3/c1-13-9-18(24(23-13)12-14-7-5-4-6-8-14)22-20(25)15-10-16(26-2)19(21)17(11-15)27-3/h4-11H,12H2,1-3H3,(H,22,25). The summed E-state index contributed by atoms with van der Waals surface area (Å²) in [6.07, 6.45) is 0. The molecule has 1 aromatic heterocycles. The van der Waals surface area contributed by atoms with Gasteiger partial charge in [0.15, 0.2) is 0 Å². The van der Waals surface area contributed by atoms with Crippen LogP contribution in [0.3, 0.4) is 0 Å². The lowest BCUT2D eigenvalue weighted by molar-refractivity contribution is 0.102. The molecule has 1 N–H and O–H groups in total. The van der Waals surface area contributed by atoms with Crippen LogP contribution in [0.1, 0.15) is 21.6 Å². The average molecular weight is 430 g/mol. The largest absolute Gasteiger partial charge is 0.495 e. The Morgan fingerprint density at radius 1 is 1.11 bits per heavy atom. The van der Waals surface area contributed by atoms with Crippen molar-refractivity contribution in [3.63, 3.8) is 0 Å². The van der Waals surface area contributed by atoms with E-state index in [0.29, 0.717) is 33.9 Å². The summed E-state index contributed by atoms with van der Waals surface area (Å²) in [7, 11) is 3.08. The Morgan fingerprint density at radius 3 is 2.33 bits per heavy atom. The molecule has 0 unspecified atom stereocenters. The number of nitrogens with zero attached hydrogens (tertiary/aromatic N) is 2. The first-order valence-corrected chi connectivity index (χ1v) is 9.12. The van der Waals surface area contributed by atoms with E-state index in [1.54, 1.807) is 31.0 Å². The minimum atomic E-state index is -0.270. The van der Waals surface area contributed by atoms with Crippen molar-refractivity contribution in [2.75, 3.05) is 19.5 Å². The highest BCUT2D eigenvalue weighted by Crippen LogP contribution is 2.35. The fourth-order valence-electron chi connectivity index (χ4n) is 2.71. The van der Waals surface area contributed by atoms with Crippen LogP contribution in [0, 0.1) is 6.92 Å². The van der Waals surface area contributed by atoms with E-state index in [1.807, 2.05) is 43.3 Å². The van der Waals surface area contributed by atoms with Gasteiger partial charge >= 0.3 is 0 Å². The predicted octanol–water partition coefficient (Wildman–Crippen LogP) is 4.27. The van der Waals surface area contributed by atoms with E-state index in [1.165, 1.54) is 0 Å². The van der Waals surface area contributed by atoms with Gasteiger partial charge in [-0.2, -0.15) is 5.10 Å². The van der Waals surface area contributed by atoms with E-state index in [-0.39, 0.29) is 5.91 Å². The summed E-state index contributed by atoms with van der Waals surface area (Å²) in [4.78, 5) is 12.8. The zero-order chi connectivity index (χ0) is 19.4. The van der Waals surface area contributed by atoms with Crippen molar-refractivity contribution in [3.05, 3.63) is 69.8 Å². The van der Waals surface area contributed by atoms with Gasteiger partial charge in [0.25, 0.3) is 5.91 Å². The average Bonchev–Trinajstić information content (AvgIpc) is 3.01. The number of carbonyl (C=O) groups is 1. The van der Waals surface area contributed by atoms with Crippen molar-refractivity contribution >= 4 is 27.7 Å². The molecule has 0 radical (unpaired) electrons. The third kappa shape index (κ3) is 4.31. The molecule has 3 aromatic rings. The SMILES string of the molecule is COc1cc(C(=O)Nc2cc(C)nn2Cc2ccccc2)cc(OC)c1Br. The molecule has 27 heavy (non-hydrogen) atoms. The summed E-state index contributed by atoms with van der Waals surface area (Å²) in [5.74, 6) is 1.40. The zero-order valence-electron chi connectivity index (χ0n) is 15.3. The Kier molecular flexibility index (Phi) is 5.81. The van der Waals surface area contributed by atoms with E-state index in [9.17, 15) is 4.79 Å². The molecule has 3 rings (SSSR count). The summed E-state index contributed by atoms with van der Waals surface area (Å²) in [6, 6.07) is 15.1. The highest BCUT2D eigenvalue weighted by Gasteiger charge is 2.16. The molecule has 0 aliphatic rings. The van der Waals surface area contributed by atoms with Crippen molar-refractivity contribution in [2.24, 2.45) is 0 Å². The topological polar surface area (TPSA) is 65.4 Å². The number of ether oxygens (including phenoxy) is 2. The van der Waals surface area contributed by atoms with Crippen LogP contribution < -0.4 is 14.8 Å². The smallest absolute Gasteiger partial charge is 0.257 e. The fourth-order valence-corrected chi connectivity index (χ4v) is 3.26. The lowest BCUT2D eigenvalue weighted by Crippen LogP contribution is -2.16. The van der Waals surface area contributed by atoms with Crippen molar-refractivity contribution in [1.82, 2.24) is 9.78 Å². The van der Waals surface area contributed by atoms with Crippen LogP contribution in [0.2, 0.25) is 0 Å². The summed E-state index contributed by atoms with van der Waals surface area (Å²) in [6.45, 7) is 2.46. The number of halogens is 1. The van der Waals surface area contributed by atoms with Gasteiger partial charge in [-0.1, -0.05) is 30.3 Å². The maximum absolute atomic E-state index is 12.8. The summed E-state index contributed by atoms with van der Waals surface area (Å²) >= 11 is 3.41. The van der Waals surface area contributed by atoms with Gasteiger partial charge in [0.05, 0.1) is 26.5 Å².